The zero-order valence-corrected chi connectivity index (χ0v) is 5.40. The second kappa shape index (κ2) is 1.65. The van der Waals surface area contributed by atoms with Crippen LogP contribution in [0, 0.1) is 3.70 Å². The molecule has 0 saturated carbocycles. The number of rotatable bonds is 0. The molecule has 1 N–H and O–H groups in total. The fourth-order valence-electron chi connectivity index (χ4n) is 0.217. The van der Waals surface area contributed by atoms with Crippen molar-refractivity contribution in [1.82, 2.24) is 15.2 Å². The van der Waals surface area contributed by atoms with Gasteiger partial charge in [0.1, 0.15) is 0 Å². The van der Waals surface area contributed by atoms with E-state index in [1.807, 2.05) is 22.6 Å². The maximum Gasteiger partial charge on any atom is 0.160 e. The molecule has 5 heteroatoms. The van der Waals surface area contributed by atoms with Crippen molar-refractivity contribution >= 4 is 22.6 Å². The van der Waals surface area contributed by atoms with E-state index >= 15 is 0 Å². The summed E-state index contributed by atoms with van der Waals surface area (Å²) in [6.07, 6.45) is 1.46. The van der Waals surface area contributed by atoms with Crippen LogP contribution >= 0.6 is 22.6 Å². The first-order valence-corrected chi connectivity index (χ1v) is 2.64. The summed E-state index contributed by atoms with van der Waals surface area (Å²) in [5.74, 6) is 0. The van der Waals surface area contributed by atoms with Crippen molar-refractivity contribution in [3.8, 4) is 0 Å². The lowest BCUT2D eigenvalue weighted by molar-refractivity contribution is 0.136. The van der Waals surface area contributed by atoms with Gasteiger partial charge in [-0.25, -0.2) is 0 Å². The summed E-state index contributed by atoms with van der Waals surface area (Å²) < 4.78 is 0.609. The van der Waals surface area contributed by atoms with Gasteiger partial charge in [0.05, 0.1) is 6.20 Å². The maximum atomic E-state index is 8.49. The summed E-state index contributed by atoms with van der Waals surface area (Å²) in [7, 11) is 0. The van der Waals surface area contributed by atoms with E-state index in [1.165, 1.54) is 6.20 Å². The third kappa shape index (κ3) is 0.817. The topological polar surface area (TPSA) is 50.9 Å². The summed E-state index contributed by atoms with van der Waals surface area (Å²) in [5, 5.41) is 15.1. The molecule has 0 unspecified atom stereocenters. The lowest BCUT2D eigenvalue weighted by Gasteiger charge is -1.81. The molecule has 38 valence electrons. The molecule has 1 heterocycles. The second-order valence-corrected chi connectivity index (χ2v) is 2.05. The number of aromatic nitrogens is 3. The second-order valence-electron chi connectivity index (χ2n) is 0.946. The standard InChI is InChI=1S/C2H2IN3O/c3-2-1-4-5-6(2)7/h1,7H. The Hall–Kier alpha value is -0.330. The smallest absolute Gasteiger partial charge is 0.160 e. The number of hydrogen-bond donors (Lipinski definition) is 1. The van der Waals surface area contributed by atoms with Gasteiger partial charge in [-0.3, -0.25) is 0 Å². The van der Waals surface area contributed by atoms with Crippen molar-refractivity contribution in [3.63, 3.8) is 0 Å². The van der Waals surface area contributed by atoms with E-state index in [0.717, 1.165) is 0 Å². The summed E-state index contributed by atoms with van der Waals surface area (Å²) in [6.45, 7) is 0. The van der Waals surface area contributed by atoms with E-state index in [9.17, 15) is 0 Å². The average molecular weight is 211 g/mol. The van der Waals surface area contributed by atoms with Gasteiger partial charge in [0.15, 0.2) is 3.70 Å². The molecule has 0 aliphatic rings. The van der Waals surface area contributed by atoms with Crippen LogP contribution in [0.1, 0.15) is 0 Å². The molecule has 0 aliphatic heterocycles. The first-order valence-electron chi connectivity index (χ1n) is 1.56. The van der Waals surface area contributed by atoms with E-state index in [-0.39, 0.29) is 0 Å². The molecule has 0 saturated heterocycles. The van der Waals surface area contributed by atoms with E-state index in [1.54, 1.807) is 0 Å². The van der Waals surface area contributed by atoms with Crippen molar-refractivity contribution in [2.45, 2.75) is 0 Å². The third-order valence-electron chi connectivity index (χ3n) is 0.492. The third-order valence-corrected chi connectivity index (χ3v) is 1.20. The van der Waals surface area contributed by atoms with E-state index < -0.39 is 0 Å². The number of halogens is 1. The Balaban J connectivity index is 3.12. The lowest BCUT2D eigenvalue weighted by atomic mass is 11.0. The molecule has 7 heavy (non-hydrogen) atoms. The molecule has 0 fully saturated rings. The van der Waals surface area contributed by atoms with Crippen molar-refractivity contribution in [2.24, 2.45) is 0 Å². The summed E-state index contributed by atoms with van der Waals surface area (Å²) in [4.78, 5) is 0.709. The van der Waals surface area contributed by atoms with Gasteiger partial charge in [0.2, 0.25) is 0 Å². The van der Waals surface area contributed by atoms with Gasteiger partial charge in [-0.05, 0) is 27.8 Å². The molecule has 0 atom stereocenters. The van der Waals surface area contributed by atoms with Crippen LogP contribution in [0.3, 0.4) is 0 Å². The highest BCUT2D eigenvalue weighted by Gasteiger charge is 1.90. The maximum absolute atomic E-state index is 8.49. The molecule has 1 rings (SSSR count). The van der Waals surface area contributed by atoms with Crippen LogP contribution < -0.4 is 0 Å². The molecular formula is C2H2IN3O. The zero-order valence-electron chi connectivity index (χ0n) is 3.24. The molecule has 1 aromatic rings. The quantitative estimate of drug-likeness (QED) is 0.489. The van der Waals surface area contributed by atoms with Crippen molar-refractivity contribution in [1.29, 1.82) is 0 Å². The minimum atomic E-state index is 0.609. The highest BCUT2D eigenvalue weighted by molar-refractivity contribution is 14.1. The molecule has 0 spiro atoms. The van der Waals surface area contributed by atoms with Gasteiger partial charge in [0, 0.05) is 0 Å². The van der Waals surface area contributed by atoms with Gasteiger partial charge in [0.25, 0.3) is 0 Å². The van der Waals surface area contributed by atoms with Gasteiger partial charge in [-0.15, -0.1) is 5.10 Å². The molecule has 1 aromatic heterocycles. The van der Waals surface area contributed by atoms with E-state index in [0.29, 0.717) is 8.55 Å². The zero-order chi connectivity index (χ0) is 5.28. The molecule has 0 bridgehead atoms. The minimum absolute atomic E-state index is 0.609. The number of hydrogen-bond acceptors (Lipinski definition) is 3. The number of nitrogens with zero attached hydrogens (tertiary/aromatic N) is 3. The molecule has 0 radical (unpaired) electrons. The highest BCUT2D eigenvalue weighted by Crippen LogP contribution is 1.94. The molecule has 0 aromatic carbocycles. The molecule has 4 nitrogen and oxygen atoms in total. The summed E-state index contributed by atoms with van der Waals surface area (Å²) in [6, 6.07) is 0. The Kier molecular flexibility index (Phi) is 1.13. The summed E-state index contributed by atoms with van der Waals surface area (Å²) in [5.41, 5.74) is 0. The predicted molar refractivity (Wildman–Crippen MR) is 29.9 cm³/mol. The van der Waals surface area contributed by atoms with Crippen molar-refractivity contribution in [2.75, 3.05) is 0 Å². The molecule has 0 aliphatic carbocycles. The molecule has 0 amide bonds. The Labute approximate surface area is 53.2 Å². The highest BCUT2D eigenvalue weighted by atomic mass is 127. The summed E-state index contributed by atoms with van der Waals surface area (Å²) >= 11 is 1.91. The van der Waals surface area contributed by atoms with E-state index in [2.05, 4.69) is 10.3 Å². The van der Waals surface area contributed by atoms with Crippen LogP contribution in [0.4, 0.5) is 0 Å². The van der Waals surface area contributed by atoms with Gasteiger partial charge < -0.3 is 5.21 Å². The van der Waals surface area contributed by atoms with Crippen molar-refractivity contribution in [3.05, 3.63) is 9.90 Å². The Morgan fingerprint density at radius 3 is 2.71 bits per heavy atom. The van der Waals surface area contributed by atoms with Crippen LogP contribution in [0.15, 0.2) is 6.20 Å². The van der Waals surface area contributed by atoms with Crippen molar-refractivity contribution < 1.29 is 5.21 Å². The Morgan fingerprint density at radius 1 is 1.86 bits per heavy atom. The SMILES string of the molecule is On1nncc1I. The lowest BCUT2D eigenvalue weighted by Crippen LogP contribution is -1.93. The van der Waals surface area contributed by atoms with Crippen LogP contribution in [0.2, 0.25) is 0 Å². The van der Waals surface area contributed by atoms with Crippen LogP contribution in [0.5, 0.6) is 0 Å². The average Bonchev–Trinajstić information content (AvgIpc) is 1.91. The predicted octanol–water partition coefficient (Wildman–Crippen LogP) is 0.120. The van der Waals surface area contributed by atoms with E-state index in [4.69, 9.17) is 5.21 Å². The normalized spacial score (nSPS) is 9.29. The van der Waals surface area contributed by atoms with Gasteiger partial charge in [-0.2, -0.15) is 0 Å². The Morgan fingerprint density at radius 2 is 2.57 bits per heavy atom. The van der Waals surface area contributed by atoms with Gasteiger partial charge >= 0.3 is 0 Å². The molecular weight excluding hydrogens is 209 g/mol. The van der Waals surface area contributed by atoms with Crippen LogP contribution in [-0.2, 0) is 0 Å². The van der Waals surface area contributed by atoms with Gasteiger partial charge in [-0.1, -0.05) is 4.85 Å². The van der Waals surface area contributed by atoms with Crippen LogP contribution in [0.25, 0.3) is 0 Å². The first kappa shape index (κ1) is 4.82. The minimum Gasteiger partial charge on any atom is -0.410 e. The largest absolute Gasteiger partial charge is 0.410 e. The van der Waals surface area contributed by atoms with Crippen LogP contribution in [-0.4, -0.2) is 20.4 Å². The first-order chi connectivity index (χ1) is 3.30. The fraction of sp³-hybridized carbons (Fsp3) is 0. The fourth-order valence-corrected chi connectivity index (χ4v) is 0.438. The Bertz CT molecular complexity index is 145. The monoisotopic (exact) mass is 211 g/mol.